The molecule has 0 bridgehead atoms. The maximum atomic E-state index is 13.8. The first-order valence-electron chi connectivity index (χ1n) is 9.53. The lowest BCUT2D eigenvalue weighted by Gasteiger charge is -2.32. The molecule has 2 aromatic carbocycles. The van der Waals surface area contributed by atoms with Crippen molar-refractivity contribution in [3.05, 3.63) is 71.7 Å². The number of fused-ring (bicyclic) bond motifs is 1. The fraction of sp³-hybridized carbons (Fsp3) is 0.0952. The Hall–Kier alpha value is -4.39. The van der Waals surface area contributed by atoms with E-state index in [4.69, 9.17) is 10.2 Å². The van der Waals surface area contributed by atoms with Crippen LogP contribution in [0.2, 0.25) is 0 Å². The molecule has 2 amide bonds. The number of aliphatic carboxylic acids is 1. The Morgan fingerprint density at radius 3 is 2.44 bits per heavy atom. The van der Waals surface area contributed by atoms with Crippen molar-refractivity contribution in [1.82, 2.24) is 0 Å². The molecule has 34 heavy (non-hydrogen) atoms. The third kappa shape index (κ3) is 4.41. The summed E-state index contributed by atoms with van der Waals surface area (Å²) in [4.78, 5) is 29.1. The van der Waals surface area contributed by atoms with Gasteiger partial charge in [0, 0.05) is 11.4 Å². The van der Waals surface area contributed by atoms with Crippen LogP contribution in [-0.2, 0) is 11.0 Å². The fourth-order valence-corrected chi connectivity index (χ4v) is 3.27. The summed E-state index contributed by atoms with van der Waals surface area (Å²) in [5, 5.41) is 13.9. The van der Waals surface area contributed by atoms with E-state index >= 15 is 0 Å². The van der Waals surface area contributed by atoms with Crippen LogP contribution in [0.25, 0.3) is 0 Å². The number of nitrogens with one attached hydrogen (secondary N) is 2. The third-order valence-corrected chi connectivity index (χ3v) is 4.84. The van der Waals surface area contributed by atoms with Crippen LogP contribution in [0.3, 0.4) is 0 Å². The first-order valence-corrected chi connectivity index (χ1v) is 9.53. The second-order valence-electron chi connectivity index (χ2n) is 7.05. The van der Waals surface area contributed by atoms with E-state index in [1.54, 1.807) is 6.07 Å². The Morgan fingerprint density at radius 2 is 1.79 bits per heavy atom. The van der Waals surface area contributed by atoms with E-state index in [0.29, 0.717) is 29.4 Å². The van der Waals surface area contributed by atoms with Gasteiger partial charge in [0.05, 0.1) is 23.1 Å². The summed E-state index contributed by atoms with van der Waals surface area (Å²) < 4.78 is 57.5. The molecule has 1 aliphatic rings. The van der Waals surface area contributed by atoms with Crippen molar-refractivity contribution >= 4 is 40.8 Å². The average molecular weight is 477 g/mol. The number of alkyl halides is 3. The van der Waals surface area contributed by atoms with Gasteiger partial charge in [-0.25, -0.2) is 14.0 Å². The molecule has 0 spiro atoms. The first-order chi connectivity index (χ1) is 16.0. The minimum absolute atomic E-state index is 0.0814. The molecule has 1 aromatic heterocycles. The average Bonchev–Trinajstić information content (AvgIpc) is 3.24. The number of anilines is 3. The highest BCUT2D eigenvalue weighted by Gasteiger charge is 2.34. The molecule has 1 atom stereocenters. The highest BCUT2D eigenvalue weighted by Crippen LogP contribution is 2.36. The predicted octanol–water partition coefficient (Wildman–Crippen LogP) is 4.67. The fourth-order valence-electron chi connectivity index (χ4n) is 3.27. The number of hydrogen-bond donors (Lipinski definition) is 4. The van der Waals surface area contributed by atoms with E-state index in [1.165, 1.54) is 35.4 Å². The van der Waals surface area contributed by atoms with Gasteiger partial charge >= 0.3 is 18.2 Å². The van der Waals surface area contributed by atoms with Crippen molar-refractivity contribution in [3.63, 3.8) is 0 Å². The van der Waals surface area contributed by atoms with Crippen LogP contribution in [0.15, 0.2) is 64.2 Å². The zero-order valence-electron chi connectivity index (χ0n) is 16.9. The Morgan fingerprint density at radius 1 is 1.09 bits per heavy atom. The lowest BCUT2D eigenvalue weighted by molar-refractivity contribution is -0.137. The number of rotatable bonds is 4. The van der Waals surface area contributed by atoms with Crippen LogP contribution in [-0.4, -0.2) is 22.9 Å². The number of aliphatic imine (C=N–C) groups is 1. The zero-order chi connectivity index (χ0) is 24.6. The monoisotopic (exact) mass is 477 g/mol. The van der Waals surface area contributed by atoms with Gasteiger partial charge < -0.3 is 25.9 Å². The van der Waals surface area contributed by atoms with E-state index in [-0.39, 0.29) is 17.4 Å². The molecule has 0 saturated heterocycles. The summed E-state index contributed by atoms with van der Waals surface area (Å²) in [5.41, 5.74) is 5.40. The Kier molecular flexibility index (Phi) is 5.71. The molecule has 1 unspecified atom stereocenters. The number of hydrogen-bond acceptors (Lipinski definition) is 6. The third-order valence-electron chi connectivity index (χ3n) is 4.84. The second-order valence-corrected chi connectivity index (χ2v) is 7.05. The highest BCUT2D eigenvalue weighted by molar-refractivity contribution is 6.41. The molecule has 0 radical (unpaired) electrons. The van der Waals surface area contributed by atoms with Gasteiger partial charge in [0.1, 0.15) is 12.0 Å². The summed E-state index contributed by atoms with van der Waals surface area (Å²) in [7, 11) is 0. The summed E-state index contributed by atoms with van der Waals surface area (Å²) in [6, 6.07) is 7.90. The molecular formula is C21H15F4N5O4. The van der Waals surface area contributed by atoms with Gasteiger partial charge in [-0.2, -0.15) is 18.2 Å². The van der Waals surface area contributed by atoms with Gasteiger partial charge in [0.2, 0.25) is 11.7 Å². The number of amides is 2. The normalized spacial score (nSPS) is 15.4. The van der Waals surface area contributed by atoms with Crippen LogP contribution in [0.4, 0.5) is 45.3 Å². The molecule has 13 heteroatoms. The van der Waals surface area contributed by atoms with Crippen LogP contribution in [0, 0.1) is 5.82 Å². The summed E-state index contributed by atoms with van der Waals surface area (Å²) in [6.45, 7) is 0. The minimum Gasteiger partial charge on any atom is -0.475 e. The number of carboxylic acids is 1. The second kappa shape index (κ2) is 8.51. The Bertz CT molecular complexity index is 1290. The SMILES string of the molecule is NC1c2ccoc2N=C(C(=O)O)N1c1ccc(NC(=O)Nc2cc(C(F)(F)F)ccc2F)cc1. The number of amidine groups is 1. The minimum atomic E-state index is -4.71. The number of halogens is 4. The summed E-state index contributed by atoms with van der Waals surface area (Å²) >= 11 is 0. The van der Waals surface area contributed by atoms with E-state index in [0.717, 1.165) is 0 Å². The largest absolute Gasteiger partial charge is 0.475 e. The topological polar surface area (TPSA) is 133 Å². The van der Waals surface area contributed by atoms with Crippen LogP contribution < -0.4 is 21.3 Å². The Balaban J connectivity index is 1.50. The van der Waals surface area contributed by atoms with Gasteiger partial charge in [-0.1, -0.05) is 0 Å². The number of carboxylic acid groups (broad SMARTS) is 1. The van der Waals surface area contributed by atoms with E-state index in [1.807, 2.05) is 5.32 Å². The molecule has 0 aliphatic carbocycles. The maximum Gasteiger partial charge on any atom is 0.416 e. The van der Waals surface area contributed by atoms with E-state index < -0.39 is 41.4 Å². The molecular weight excluding hydrogens is 462 g/mol. The number of furan rings is 1. The molecule has 1 aliphatic heterocycles. The molecule has 4 rings (SSSR count). The number of benzene rings is 2. The Labute approximate surface area is 188 Å². The van der Waals surface area contributed by atoms with Crippen molar-refractivity contribution in [2.75, 3.05) is 15.5 Å². The standard InChI is InChI=1S/C21H15F4N5O4/c22-14-6-1-10(21(23,24)25)9-15(14)28-20(33)27-11-2-4-12(5-3-11)30-16(26)13-7-8-34-18(13)29-17(30)19(31)32/h1-9,16H,26H2,(H,31,32)(H2,27,28,33). The van der Waals surface area contributed by atoms with Crippen molar-refractivity contribution in [1.29, 1.82) is 0 Å². The molecule has 5 N–H and O–H groups in total. The number of nitrogens with two attached hydrogens (primary N) is 1. The lowest BCUT2D eigenvalue weighted by atomic mass is 10.1. The number of urea groups is 1. The summed E-state index contributed by atoms with van der Waals surface area (Å²) in [5.74, 6) is -2.69. The van der Waals surface area contributed by atoms with Gasteiger partial charge in [-0.05, 0) is 48.5 Å². The quantitative estimate of drug-likeness (QED) is 0.404. The van der Waals surface area contributed by atoms with Gasteiger partial charge in [-0.3, -0.25) is 4.90 Å². The van der Waals surface area contributed by atoms with Crippen LogP contribution in [0.5, 0.6) is 0 Å². The van der Waals surface area contributed by atoms with Crippen LogP contribution in [0.1, 0.15) is 17.3 Å². The van der Waals surface area contributed by atoms with Gasteiger partial charge in [-0.15, -0.1) is 0 Å². The number of carbonyl (C=O) groups excluding carboxylic acids is 1. The van der Waals surface area contributed by atoms with Crippen molar-refractivity contribution < 1.29 is 36.7 Å². The summed E-state index contributed by atoms with van der Waals surface area (Å²) in [6.07, 6.45) is -4.29. The van der Waals surface area contributed by atoms with E-state index in [9.17, 15) is 32.3 Å². The molecule has 0 saturated carbocycles. The maximum absolute atomic E-state index is 13.8. The highest BCUT2D eigenvalue weighted by atomic mass is 19.4. The van der Waals surface area contributed by atoms with Crippen LogP contribution >= 0.6 is 0 Å². The zero-order valence-corrected chi connectivity index (χ0v) is 16.9. The molecule has 176 valence electrons. The van der Waals surface area contributed by atoms with Crippen molar-refractivity contribution in [2.24, 2.45) is 10.7 Å². The van der Waals surface area contributed by atoms with Gasteiger partial charge in [0.15, 0.2) is 0 Å². The first kappa shape index (κ1) is 22.8. The lowest BCUT2D eigenvalue weighted by Crippen LogP contribution is -2.45. The van der Waals surface area contributed by atoms with Crippen molar-refractivity contribution in [2.45, 2.75) is 12.3 Å². The smallest absolute Gasteiger partial charge is 0.416 e. The molecule has 3 aromatic rings. The molecule has 9 nitrogen and oxygen atoms in total. The van der Waals surface area contributed by atoms with Crippen molar-refractivity contribution in [3.8, 4) is 0 Å². The van der Waals surface area contributed by atoms with E-state index in [2.05, 4.69) is 10.3 Å². The molecule has 2 heterocycles. The predicted molar refractivity (Wildman–Crippen MR) is 113 cm³/mol. The molecule has 0 fully saturated rings. The number of nitrogens with zero attached hydrogens (tertiary/aromatic N) is 2. The van der Waals surface area contributed by atoms with Gasteiger partial charge in [0.25, 0.3) is 0 Å². The number of carbonyl (C=O) groups is 2.